The van der Waals surface area contributed by atoms with E-state index < -0.39 is 10.0 Å². The maximum absolute atomic E-state index is 12.2. The molecule has 0 aliphatic rings. The number of hydrogen-bond donors (Lipinski definition) is 0. The van der Waals surface area contributed by atoms with Crippen molar-refractivity contribution in [3.8, 4) is 0 Å². The van der Waals surface area contributed by atoms with Gasteiger partial charge in [-0.3, -0.25) is 0 Å². The van der Waals surface area contributed by atoms with Gasteiger partial charge in [0, 0.05) is 19.5 Å². The molecule has 1 heterocycles. The van der Waals surface area contributed by atoms with Crippen LogP contribution in [0.3, 0.4) is 0 Å². The molecule has 0 bridgehead atoms. The molecule has 5 nitrogen and oxygen atoms in total. The van der Waals surface area contributed by atoms with Crippen molar-refractivity contribution in [1.29, 1.82) is 0 Å². The normalized spacial score (nSPS) is 13.4. The van der Waals surface area contributed by atoms with E-state index >= 15 is 0 Å². The monoisotopic (exact) mass is 282 g/mol. The molecule has 0 fully saturated rings. The molecule has 0 saturated carbocycles. The Labute approximate surface area is 113 Å². The first-order valence-electron chi connectivity index (χ1n) is 5.96. The first-order valence-corrected chi connectivity index (χ1v) is 7.40. The minimum atomic E-state index is -3.54. The van der Waals surface area contributed by atoms with Gasteiger partial charge in [0.05, 0.1) is 0 Å². The van der Waals surface area contributed by atoms with E-state index in [2.05, 4.69) is 4.98 Å². The number of nitrogens with zero attached hydrogens (tertiary/aromatic N) is 2. The fourth-order valence-corrected chi connectivity index (χ4v) is 2.67. The number of sulfonamides is 1. The smallest absolute Gasteiger partial charge is 0.246 e. The summed E-state index contributed by atoms with van der Waals surface area (Å²) in [5.74, 6) is 0.531. The summed E-state index contributed by atoms with van der Waals surface area (Å²) in [6.07, 6.45) is 0. The fourth-order valence-electron chi connectivity index (χ4n) is 1.64. The van der Waals surface area contributed by atoms with Gasteiger partial charge < -0.3 is 4.42 Å². The molecule has 2 rings (SSSR count). The van der Waals surface area contributed by atoms with Crippen LogP contribution in [-0.2, 0) is 15.4 Å². The maximum Gasteiger partial charge on any atom is 0.246 e. The number of fused-ring (bicyclic) bond motifs is 1. The first kappa shape index (κ1) is 14.0. The van der Waals surface area contributed by atoms with Crippen LogP contribution in [0.4, 0.5) is 0 Å². The summed E-state index contributed by atoms with van der Waals surface area (Å²) in [4.78, 5) is 4.52. The second-order valence-electron chi connectivity index (χ2n) is 5.66. The summed E-state index contributed by atoms with van der Waals surface area (Å²) in [6.45, 7) is 5.91. The van der Waals surface area contributed by atoms with E-state index in [-0.39, 0.29) is 10.3 Å². The molecule has 19 heavy (non-hydrogen) atoms. The second kappa shape index (κ2) is 4.31. The molecule has 104 valence electrons. The summed E-state index contributed by atoms with van der Waals surface area (Å²) in [5, 5.41) is 0. The first-order chi connectivity index (χ1) is 8.64. The Morgan fingerprint density at radius 1 is 1.21 bits per heavy atom. The molecule has 0 saturated heterocycles. The zero-order chi connectivity index (χ0) is 14.4. The molecule has 0 aliphatic heterocycles. The van der Waals surface area contributed by atoms with E-state index in [1.165, 1.54) is 24.5 Å². The predicted octanol–water partition coefficient (Wildman–Crippen LogP) is 2.38. The molecule has 6 heteroatoms. The molecule has 0 radical (unpaired) electrons. The van der Waals surface area contributed by atoms with Crippen LogP contribution in [0, 0.1) is 0 Å². The number of rotatable bonds is 2. The van der Waals surface area contributed by atoms with Crippen molar-refractivity contribution in [3.63, 3.8) is 0 Å². The highest BCUT2D eigenvalue weighted by atomic mass is 32.2. The van der Waals surface area contributed by atoms with Gasteiger partial charge in [-0.05, 0) is 12.1 Å². The van der Waals surface area contributed by atoms with Gasteiger partial charge in [0.1, 0.15) is 10.4 Å². The van der Waals surface area contributed by atoms with Crippen LogP contribution >= 0.6 is 0 Å². The molecule has 0 N–H and O–H groups in total. The minimum absolute atomic E-state index is 0.151. The highest BCUT2D eigenvalue weighted by Gasteiger charge is 2.26. The van der Waals surface area contributed by atoms with Gasteiger partial charge in [-0.2, -0.15) is 0 Å². The fraction of sp³-hybridized carbons (Fsp3) is 0.462. The highest BCUT2D eigenvalue weighted by molar-refractivity contribution is 7.89. The number of benzene rings is 1. The summed E-state index contributed by atoms with van der Waals surface area (Å²) in [6, 6.07) is 4.96. The Morgan fingerprint density at radius 3 is 2.37 bits per heavy atom. The van der Waals surface area contributed by atoms with Crippen molar-refractivity contribution in [2.24, 2.45) is 0 Å². The van der Waals surface area contributed by atoms with Crippen molar-refractivity contribution in [3.05, 3.63) is 24.1 Å². The van der Waals surface area contributed by atoms with Crippen molar-refractivity contribution in [1.82, 2.24) is 9.29 Å². The quantitative estimate of drug-likeness (QED) is 0.848. The molecule has 0 atom stereocenters. The van der Waals surface area contributed by atoms with Gasteiger partial charge in [0.15, 0.2) is 5.58 Å². The Kier molecular flexibility index (Phi) is 3.18. The Balaban J connectivity index is 2.75. The molecule has 0 amide bonds. The topological polar surface area (TPSA) is 63.4 Å². The molecule has 0 unspecified atom stereocenters. The molecular formula is C13H18N2O3S. The van der Waals surface area contributed by atoms with E-state index in [1.807, 2.05) is 20.8 Å². The van der Waals surface area contributed by atoms with Gasteiger partial charge in [-0.15, -0.1) is 0 Å². The van der Waals surface area contributed by atoms with Crippen molar-refractivity contribution in [2.75, 3.05) is 14.1 Å². The zero-order valence-electron chi connectivity index (χ0n) is 11.8. The number of oxazole rings is 1. The average Bonchev–Trinajstić information content (AvgIpc) is 2.71. The van der Waals surface area contributed by atoms with E-state index in [9.17, 15) is 8.42 Å². The van der Waals surface area contributed by atoms with E-state index in [4.69, 9.17) is 4.42 Å². The van der Waals surface area contributed by atoms with Crippen LogP contribution < -0.4 is 0 Å². The third-order valence-electron chi connectivity index (χ3n) is 2.78. The third kappa shape index (κ3) is 2.37. The summed E-state index contributed by atoms with van der Waals surface area (Å²) in [7, 11) is -0.546. The molecule has 1 aromatic carbocycles. The summed E-state index contributed by atoms with van der Waals surface area (Å²) < 4.78 is 31.3. The SMILES string of the molecule is CN(C)S(=O)(=O)c1cccc2nc(C(C)(C)C)oc12. The van der Waals surface area contributed by atoms with Crippen LogP contribution in [0.2, 0.25) is 0 Å². The number of para-hydroxylation sites is 1. The standard InChI is InChI=1S/C13H18N2O3S/c1-13(2,3)12-14-9-7-6-8-10(11(9)18-12)19(16,17)15(4)5/h6-8H,1-5H3. The average molecular weight is 282 g/mol. The lowest BCUT2D eigenvalue weighted by molar-refractivity contribution is 0.408. The van der Waals surface area contributed by atoms with E-state index in [1.54, 1.807) is 12.1 Å². The maximum atomic E-state index is 12.2. The summed E-state index contributed by atoms with van der Waals surface area (Å²) >= 11 is 0. The second-order valence-corrected chi connectivity index (χ2v) is 7.78. The zero-order valence-corrected chi connectivity index (χ0v) is 12.6. The van der Waals surface area contributed by atoms with Crippen molar-refractivity contribution in [2.45, 2.75) is 31.1 Å². The lowest BCUT2D eigenvalue weighted by atomic mass is 9.97. The molecular weight excluding hydrogens is 264 g/mol. The third-order valence-corrected chi connectivity index (χ3v) is 4.62. The number of hydrogen-bond acceptors (Lipinski definition) is 4. The van der Waals surface area contributed by atoms with Gasteiger partial charge in [-0.25, -0.2) is 17.7 Å². The summed E-state index contributed by atoms with van der Waals surface area (Å²) in [5.41, 5.74) is 0.618. The van der Waals surface area contributed by atoms with Gasteiger partial charge in [-0.1, -0.05) is 26.8 Å². The highest BCUT2D eigenvalue weighted by Crippen LogP contribution is 2.30. The molecule has 0 aliphatic carbocycles. The molecule has 2 aromatic rings. The van der Waals surface area contributed by atoms with Crippen LogP contribution in [0.1, 0.15) is 26.7 Å². The Bertz CT molecular complexity index is 709. The van der Waals surface area contributed by atoms with E-state index in [0.29, 0.717) is 17.0 Å². The van der Waals surface area contributed by atoms with Crippen LogP contribution in [0.25, 0.3) is 11.1 Å². The molecule has 0 spiro atoms. The lowest BCUT2D eigenvalue weighted by Crippen LogP contribution is -2.22. The molecule has 1 aromatic heterocycles. The minimum Gasteiger partial charge on any atom is -0.439 e. The van der Waals surface area contributed by atoms with Crippen LogP contribution in [0.15, 0.2) is 27.5 Å². The van der Waals surface area contributed by atoms with Gasteiger partial charge >= 0.3 is 0 Å². The Morgan fingerprint density at radius 2 is 1.84 bits per heavy atom. The lowest BCUT2D eigenvalue weighted by Gasteiger charge is -2.12. The largest absolute Gasteiger partial charge is 0.439 e. The van der Waals surface area contributed by atoms with E-state index in [0.717, 1.165) is 0 Å². The van der Waals surface area contributed by atoms with Crippen molar-refractivity contribution < 1.29 is 12.8 Å². The Hall–Kier alpha value is -1.40. The van der Waals surface area contributed by atoms with Crippen LogP contribution in [0.5, 0.6) is 0 Å². The van der Waals surface area contributed by atoms with Crippen LogP contribution in [-0.4, -0.2) is 31.8 Å². The van der Waals surface area contributed by atoms with Gasteiger partial charge in [0.2, 0.25) is 15.9 Å². The van der Waals surface area contributed by atoms with Gasteiger partial charge in [0.25, 0.3) is 0 Å². The van der Waals surface area contributed by atoms with Crippen molar-refractivity contribution >= 4 is 21.1 Å². The predicted molar refractivity (Wildman–Crippen MR) is 73.6 cm³/mol. The number of aromatic nitrogens is 1.